The highest BCUT2D eigenvalue weighted by Crippen LogP contribution is 2.25. The summed E-state index contributed by atoms with van der Waals surface area (Å²) in [6.45, 7) is 0.642. The van der Waals surface area contributed by atoms with E-state index in [1.165, 1.54) is 0 Å². The molecule has 4 aromatic rings. The molecule has 29 heavy (non-hydrogen) atoms. The number of ketones is 1. The van der Waals surface area contributed by atoms with Crippen LogP contribution in [-0.2, 0) is 6.54 Å². The molecule has 4 rings (SSSR count). The van der Waals surface area contributed by atoms with Crippen molar-refractivity contribution in [1.29, 1.82) is 5.26 Å². The summed E-state index contributed by atoms with van der Waals surface area (Å²) in [6.07, 6.45) is 3.65. The SMILES string of the molecule is N#C/C(=C\c1cn(Cc2cccc(Cl)c2)c2ccccc12)C(=O)c1ccccc1. The second-order valence-electron chi connectivity index (χ2n) is 6.72. The Hall–Kier alpha value is -3.61. The van der Waals surface area contributed by atoms with E-state index in [4.69, 9.17) is 11.6 Å². The second-order valence-corrected chi connectivity index (χ2v) is 7.16. The van der Waals surface area contributed by atoms with Crippen LogP contribution in [0.4, 0.5) is 0 Å². The van der Waals surface area contributed by atoms with Gasteiger partial charge in [0, 0.05) is 39.8 Å². The van der Waals surface area contributed by atoms with Gasteiger partial charge in [0.25, 0.3) is 0 Å². The molecule has 0 saturated carbocycles. The molecule has 3 nitrogen and oxygen atoms in total. The summed E-state index contributed by atoms with van der Waals surface area (Å²) in [5.74, 6) is -0.278. The van der Waals surface area contributed by atoms with Gasteiger partial charge in [-0.15, -0.1) is 0 Å². The molecule has 0 bridgehead atoms. The quantitative estimate of drug-likeness (QED) is 0.231. The summed E-state index contributed by atoms with van der Waals surface area (Å²) in [5, 5.41) is 11.3. The van der Waals surface area contributed by atoms with E-state index >= 15 is 0 Å². The Labute approximate surface area is 174 Å². The molecule has 0 aliphatic heterocycles. The molecule has 3 aromatic carbocycles. The Bertz CT molecular complexity index is 1260. The predicted octanol–water partition coefficient (Wildman–Crippen LogP) is 6.13. The molecule has 1 heterocycles. The van der Waals surface area contributed by atoms with Crippen LogP contribution in [0.3, 0.4) is 0 Å². The Kier molecular flexibility index (Phi) is 5.29. The van der Waals surface area contributed by atoms with Crippen LogP contribution in [0.2, 0.25) is 5.02 Å². The maximum Gasteiger partial charge on any atom is 0.203 e. The first-order valence-corrected chi connectivity index (χ1v) is 9.57. The largest absolute Gasteiger partial charge is 0.342 e. The van der Waals surface area contributed by atoms with Crippen LogP contribution in [0.15, 0.2) is 90.6 Å². The van der Waals surface area contributed by atoms with Crippen molar-refractivity contribution in [2.45, 2.75) is 6.54 Å². The van der Waals surface area contributed by atoms with E-state index in [9.17, 15) is 10.1 Å². The first kappa shape index (κ1) is 18.7. The van der Waals surface area contributed by atoms with Crippen LogP contribution in [0, 0.1) is 11.3 Å². The number of nitriles is 1. The number of para-hydroxylation sites is 1. The zero-order valence-electron chi connectivity index (χ0n) is 15.5. The number of Topliss-reactive ketones (excluding diaryl/α,β-unsaturated/α-hetero) is 1. The van der Waals surface area contributed by atoms with Crippen molar-refractivity contribution in [3.05, 3.63) is 112 Å². The lowest BCUT2D eigenvalue weighted by Crippen LogP contribution is -2.01. The van der Waals surface area contributed by atoms with Gasteiger partial charge in [0.2, 0.25) is 5.78 Å². The average molecular weight is 397 g/mol. The van der Waals surface area contributed by atoms with Gasteiger partial charge in [-0.3, -0.25) is 4.79 Å². The van der Waals surface area contributed by atoms with Gasteiger partial charge in [-0.1, -0.05) is 72.3 Å². The Balaban J connectivity index is 1.77. The number of allylic oxidation sites excluding steroid dienone is 1. The van der Waals surface area contributed by atoms with Crippen LogP contribution in [0.25, 0.3) is 17.0 Å². The number of benzene rings is 3. The number of hydrogen-bond donors (Lipinski definition) is 0. The van der Waals surface area contributed by atoms with Crippen LogP contribution >= 0.6 is 11.6 Å². The van der Waals surface area contributed by atoms with E-state index in [2.05, 4.69) is 10.6 Å². The van der Waals surface area contributed by atoms with Gasteiger partial charge in [0.15, 0.2) is 0 Å². The predicted molar refractivity (Wildman–Crippen MR) is 117 cm³/mol. The summed E-state index contributed by atoms with van der Waals surface area (Å²) in [7, 11) is 0. The van der Waals surface area contributed by atoms with Crippen LogP contribution in [0.1, 0.15) is 21.5 Å². The Morgan fingerprint density at radius 3 is 2.52 bits per heavy atom. The molecule has 0 radical (unpaired) electrons. The van der Waals surface area contributed by atoms with Gasteiger partial charge in [-0.25, -0.2) is 0 Å². The number of carbonyl (C=O) groups is 1. The Morgan fingerprint density at radius 1 is 1.00 bits per heavy atom. The summed E-state index contributed by atoms with van der Waals surface area (Å²) in [5.41, 5.74) is 3.56. The molecule has 0 unspecified atom stereocenters. The fourth-order valence-corrected chi connectivity index (χ4v) is 3.62. The van der Waals surface area contributed by atoms with E-state index in [-0.39, 0.29) is 11.4 Å². The number of nitrogens with zero attached hydrogens (tertiary/aromatic N) is 2. The van der Waals surface area contributed by atoms with Crippen molar-refractivity contribution in [3.8, 4) is 6.07 Å². The molecule has 0 amide bonds. The highest BCUT2D eigenvalue weighted by molar-refractivity contribution is 6.30. The first-order valence-electron chi connectivity index (χ1n) is 9.19. The van der Waals surface area contributed by atoms with Crippen LogP contribution in [-0.4, -0.2) is 10.4 Å². The highest BCUT2D eigenvalue weighted by atomic mass is 35.5. The van der Waals surface area contributed by atoms with Crippen molar-refractivity contribution < 1.29 is 4.79 Å². The van der Waals surface area contributed by atoms with E-state index in [1.807, 2.05) is 60.8 Å². The molecule has 0 saturated heterocycles. The Morgan fingerprint density at radius 2 is 1.76 bits per heavy atom. The average Bonchev–Trinajstić information content (AvgIpc) is 3.09. The lowest BCUT2D eigenvalue weighted by atomic mass is 10.0. The topological polar surface area (TPSA) is 45.8 Å². The van der Waals surface area contributed by atoms with Crippen molar-refractivity contribution in [1.82, 2.24) is 4.57 Å². The molecule has 1 aromatic heterocycles. The number of rotatable bonds is 5. The third-order valence-corrected chi connectivity index (χ3v) is 5.00. The number of aromatic nitrogens is 1. The number of halogens is 1. The van der Waals surface area contributed by atoms with E-state index in [1.54, 1.807) is 30.3 Å². The summed E-state index contributed by atoms with van der Waals surface area (Å²) in [6, 6.07) is 26.6. The normalized spacial score (nSPS) is 11.4. The standard InChI is InChI=1S/C25H17ClN2O/c26-22-10-6-7-18(13-22)16-28-17-21(23-11-4-5-12-24(23)28)14-20(15-27)25(29)19-8-2-1-3-9-19/h1-14,17H,16H2/b20-14+. The first-order chi connectivity index (χ1) is 14.2. The van der Waals surface area contributed by atoms with Crippen molar-refractivity contribution in [2.75, 3.05) is 0 Å². The number of hydrogen-bond acceptors (Lipinski definition) is 2. The zero-order chi connectivity index (χ0) is 20.2. The number of fused-ring (bicyclic) bond motifs is 1. The molecule has 0 spiro atoms. The minimum Gasteiger partial charge on any atom is -0.342 e. The van der Waals surface area contributed by atoms with Crippen molar-refractivity contribution >= 4 is 34.4 Å². The molecule has 0 aliphatic carbocycles. The molecule has 0 N–H and O–H groups in total. The molecular formula is C25H17ClN2O. The van der Waals surface area contributed by atoms with Crippen LogP contribution < -0.4 is 0 Å². The van der Waals surface area contributed by atoms with E-state index in [0.717, 1.165) is 22.0 Å². The minimum atomic E-state index is -0.278. The lowest BCUT2D eigenvalue weighted by molar-refractivity contribution is 0.104. The van der Waals surface area contributed by atoms with Crippen molar-refractivity contribution in [2.24, 2.45) is 0 Å². The third kappa shape index (κ3) is 3.99. The second kappa shape index (κ2) is 8.18. The number of carbonyl (C=O) groups excluding carboxylic acids is 1. The minimum absolute atomic E-state index is 0.113. The van der Waals surface area contributed by atoms with Gasteiger partial charge in [0.05, 0.1) is 0 Å². The van der Waals surface area contributed by atoms with E-state index < -0.39 is 0 Å². The summed E-state index contributed by atoms with van der Waals surface area (Å²) >= 11 is 6.12. The maximum absolute atomic E-state index is 12.7. The summed E-state index contributed by atoms with van der Waals surface area (Å²) < 4.78 is 2.11. The smallest absolute Gasteiger partial charge is 0.203 e. The van der Waals surface area contributed by atoms with E-state index in [0.29, 0.717) is 17.1 Å². The fraction of sp³-hybridized carbons (Fsp3) is 0.0400. The van der Waals surface area contributed by atoms with Crippen LogP contribution in [0.5, 0.6) is 0 Å². The van der Waals surface area contributed by atoms with Gasteiger partial charge in [-0.05, 0) is 29.8 Å². The maximum atomic E-state index is 12.7. The molecular weight excluding hydrogens is 380 g/mol. The molecule has 0 atom stereocenters. The van der Waals surface area contributed by atoms with Gasteiger partial charge in [0.1, 0.15) is 11.6 Å². The van der Waals surface area contributed by atoms with Gasteiger partial charge >= 0.3 is 0 Å². The molecule has 0 fully saturated rings. The van der Waals surface area contributed by atoms with Crippen molar-refractivity contribution in [3.63, 3.8) is 0 Å². The zero-order valence-corrected chi connectivity index (χ0v) is 16.3. The monoisotopic (exact) mass is 396 g/mol. The van der Waals surface area contributed by atoms with Gasteiger partial charge < -0.3 is 4.57 Å². The fourth-order valence-electron chi connectivity index (χ4n) is 3.40. The lowest BCUT2D eigenvalue weighted by Gasteiger charge is -2.05. The highest BCUT2D eigenvalue weighted by Gasteiger charge is 2.14. The third-order valence-electron chi connectivity index (χ3n) is 4.76. The van der Waals surface area contributed by atoms with Gasteiger partial charge in [-0.2, -0.15) is 5.26 Å². The molecule has 0 aliphatic rings. The molecule has 4 heteroatoms. The summed E-state index contributed by atoms with van der Waals surface area (Å²) in [4.78, 5) is 12.7. The molecule has 140 valence electrons.